The molecule has 12 heteroatoms. The first kappa shape index (κ1) is 37.7. The largest absolute Gasteiger partial charge is 0.506 e. The number of nitrogens with one attached hydrogen (secondary N) is 2. The number of phenols is 1. The number of carbonyl (C=O) groups is 4. The molecule has 0 aliphatic rings. The van der Waals surface area contributed by atoms with Crippen LogP contribution in [-0.4, -0.2) is 54.7 Å². The van der Waals surface area contributed by atoms with E-state index in [0.717, 1.165) is 16.3 Å². The SMILES string of the molecule is COC(=O)c1ccc(NC(=O)OC(C)(C)C)c(O)c1.COC(=O)c1ccc(NC(=O)OC(C)(C)C)c(OCc2ccc3ccccc3c2)c1. The second-order valence-corrected chi connectivity index (χ2v) is 12.6. The van der Waals surface area contributed by atoms with E-state index in [-0.39, 0.29) is 23.6 Å². The molecule has 3 N–H and O–H groups in total. The van der Waals surface area contributed by atoms with Gasteiger partial charge in [0, 0.05) is 0 Å². The number of benzene rings is 4. The molecule has 0 saturated carbocycles. The van der Waals surface area contributed by atoms with Crippen LogP contribution < -0.4 is 15.4 Å². The minimum atomic E-state index is -0.686. The average Bonchev–Trinajstić information content (AvgIpc) is 3.02. The number of anilines is 2. The van der Waals surface area contributed by atoms with Gasteiger partial charge in [0.2, 0.25) is 0 Å². The predicted octanol–water partition coefficient (Wildman–Crippen LogP) is 8.08. The third-order valence-corrected chi connectivity index (χ3v) is 6.30. The van der Waals surface area contributed by atoms with Crippen molar-refractivity contribution in [2.75, 3.05) is 24.9 Å². The van der Waals surface area contributed by atoms with E-state index >= 15 is 0 Å². The molecule has 0 radical (unpaired) electrons. The van der Waals surface area contributed by atoms with Crippen LogP contribution in [0.5, 0.6) is 11.5 Å². The van der Waals surface area contributed by atoms with E-state index in [4.69, 9.17) is 18.9 Å². The van der Waals surface area contributed by atoms with Crippen LogP contribution in [-0.2, 0) is 25.6 Å². The lowest BCUT2D eigenvalue weighted by Crippen LogP contribution is -2.27. The fourth-order valence-electron chi connectivity index (χ4n) is 4.19. The maximum atomic E-state index is 12.2. The molecule has 4 rings (SSSR count). The standard InChI is InChI=1S/C24H25NO5.C13H17NO5/c1-24(2,3)30-23(27)25-20-12-11-19(22(26)28-4)14-21(20)29-15-16-9-10-17-7-5-6-8-18(17)13-16;1-13(2,3)19-12(17)14-9-6-5-8(7-10(9)15)11(16)18-4/h5-14H,15H2,1-4H3,(H,25,27);5-7,15H,1-4H3,(H,14,17). The number of amides is 2. The normalized spacial score (nSPS) is 10.9. The van der Waals surface area contributed by atoms with Gasteiger partial charge in [0.15, 0.2) is 0 Å². The van der Waals surface area contributed by atoms with E-state index in [1.165, 1.54) is 32.4 Å². The van der Waals surface area contributed by atoms with Gasteiger partial charge in [-0.1, -0.05) is 36.4 Å². The molecule has 0 bridgehead atoms. The minimum absolute atomic E-state index is 0.155. The number of hydrogen-bond donors (Lipinski definition) is 3. The predicted molar refractivity (Wildman–Crippen MR) is 185 cm³/mol. The van der Waals surface area contributed by atoms with Gasteiger partial charge in [0.25, 0.3) is 0 Å². The molecule has 0 aliphatic heterocycles. The maximum Gasteiger partial charge on any atom is 0.412 e. The van der Waals surface area contributed by atoms with E-state index in [1.54, 1.807) is 59.7 Å². The Labute approximate surface area is 285 Å². The van der Waals surface area contributed by atoms with Crippen molar-refractivity contribution in [3.05, 3.63) is 95.6 Å². The average molecular weight is 675 g/mol. The Morgan fingerprint density at radius 2 is 1.14 bits per heavy atom. The number of carbonyl (C=O) groups excluding carboxylic acids is 4. The highest BCUT2D eigenvalue weighted by atomic mass is 16.6. The van der Waals surface area contributed by atoms with E-state index in [2.05, 4.69) is 15.4 Å². The van der Waals surface area contributed by atoms with Gasteiger partial charge in [-0.05, 0) is 100 Å². The quantitative estimate of drug-likeness (QED) is 0.0994. The highest BCUT2D eigenvalue weighted by Gasteiger charge is 2.20. The Kier molecular flexibility index (Phi) is 12.6. The van der Waals surface area contributed by atoms with Crippen LogP contribution in [0.25, 0.3) is 10.8 Å². The second-order valence-electron chi connectivity index (χ2n) is 12.6. The van der Waals surface area contributed by atoms with Gasteiger partial charge < -0.3 is 28.8 Å². The summed E-state index contributed by atoms with van der Waals surface area (Å²) >= 11 is 0. The van der Waals surface area contributed by atoms with Crippen molar-refractivity contribution < 1.29 is 48.0 Å². The summed E-state index contributed by atoms with van der Waals surface area (Å²) in [6.45, 7) is 10.8. The van der Waals surface area contributed by atoms with Crippen LogP contribution in [0, 0.1) is 0 Å². The summed E-state index contributed by atoms with van der Waals surface area (Å²) in [7, 11) is 2.55. The van der Waals surface area contributed by atoms with Gasteiger partial charge in [-0.2, -0.15) is 0 Å². The topological polar surface area (TPSA) is 159 Å². The van der Waals surface area contributed by atoms with Gasteiger partial charge in [-0.3, -0.25) is 10.6 Å². The van der Waals surface area contributed by atoms with Crippen LogP contribution in [0.15, 0.2) is 78.9 Å². The third-order valence-electron chi connectivity index (χ3n) is 6.30. The number of esters is 2. The van der Waals surface area contributed by atoms with Gasteiger partial charge in [0.05, 0.1) is 36.7 Å². The molecule has 4 aromatic carbocycles. The summed E-state index contributed by atoms with van der Waals surface area (Å²) < 4.78 is 25.6. The lowest BCUT2D eigenvalue weighted by Gasteiger charge is -2.20. The van der Waals surface area contributed by atoms with Gasteiger partial charge in [-0.25, -0.2) is 19.2 Å². The molecule has 0 aromatic heterocycles. The fraction of sp³-hybridized carbons (Fsp3) is 0.297. The zero-order chi connectivity index (χ0) is 36.4. The lowest BCUT2D eigenvalue weighted by atomic mass is 10.1. The highest BCUT2D eigenvalue weighted by molar-refractivity contribution is 5.94. The highest BCUT2D eigenvalue weighted by Crippen LogP contribution is 2.29. The Morgan fingerprint density at radius 1 is 0.633 bits per heavy atom. The summed E-state index contributed by atoms with van der Waals surface area (Å²) in [5, 5.41) is 17.0. The van der Waals surface area contributed by atoms with Crippen molar-refractivity contribution in [2.24, 2.45) is 0 Å². The zero-order valence-corrected chi connectivity index (χ0v) is 28.8. The van der Waals surface area contributed by atoms with E-state index in [1.807, 2.05) is 42.5 Å². The molecular weight excluding hydrogens is 632 g/mol. The molecule has 0 heterocycles. The zero-order valence-electron chi connectivity index (χ0n) is 28.8. The van der Waals surface area contributed by atoms with Crippen LogP contribution in [0.3, 0.4) is 0 Å². The first-order chi connectivity index (χ1) is 23.0. The van der Waals surface area contributed by atoms with Gasteiger partial charge >= 0.3 is 24.1 Å². The van der Waals surface area contributed by atoms with E-state index < -0.39 is 35.3 Å². The van der Waals surface area contributed by atoms with Crippen molar-refractivity contribution in [1.29, 1.82) is 0 Å². The molecule has 49 heavy (non-hydrogen) atoms. The minimum Gasteiger partial charge on any atom is -0.506 e. The Morgan fingerprint density at radius 3 is 1.67 bits per heavy atom. The Hall–Kier alpha value is -5.78. The number of ether oxygens (including phenoxy) is 5. The van der Waals surface area contributed by atoms with Crippen molar-refractivity contribution in [3.63, 3.8) is 0 Å². The van der Waals surface area contributed by atoms with Crippen LogP contribution in [0.1, 0.15) is 67.8 Å². The number of fused-ring (bicyclic) bond motifs is 1. The molecular formula is C37H42N2O10. The number of hydrogen-bond acceptors (Lipinski definition) is 10. The smallest absolute Gasteiger partial charge is 0.412 e. The van der Waals surface area contributed by atoms with Crippen molar-refractivity contribution in [2.45, 2.75) is 59.4 Å². The van der Waals surface area contributed by atoms with E-state index in [0.29, 0.717) is 17.0 Å². The summed E-state index contributed by atoms with van der Waals surface area (Å²) in [5.74, 6) is -0.959. The molecule has 0 unspecified atom stereocenters. The van der Waals surface area contributed by atoms with Crippen molar-refractivity contribution >= 4 is 46.3 Å². The number of rotatable bonds is 7. The molecule has 12 nitrogen and oxygen atoms in total. The monoisotopic (exact) mass is 674 g/mol. The van der Waals surface area contributed by atoms with Crippen LogP contribution in [0.2, 0.25) is 0 Å². The van der Waals surface area contributed by atoms with Crippen LogP contribution >= 0.6 is 0 Å². The van der Waals surface area contributed by atoms with Gasteiger partial charge in [0.1, 0.15) is 29.3 Å². The third kappa shape index (κ3) is 12.1. The molecule has 2 amide bonds. The Bertz CT molecular complexity index is 1810. The molecule has 0 saturated heterocycles. The first-order valence-electron chi connectivity index (χ1n) is 15.2. The molecule has 4 aromatic rings. The number of methoxy groups -OCH3 is 2. The summed E-state index contributed by atoms with van der Waals surface area (Å²) in [5.41, 5.74) is 0.754. The van der Waals surface area contributed by atoms with Gasteiger partial charge in [-0.15, -0.1) is 0 Å². The second kappa shape index (κ2) is 16.4. The fourth-order valence-corrected chi connectivity index (χ4v) is 4.19. The summed E-state index contributed by atoms with van der Waals surface area (Å²) in [6, 6.07) is 22.8. The Balaban J connectivity index is 0.000000295. The van der Waals surface area contributed by atoms with Crippen molar-refractivity contribution in [1.82, 2.24) is 0 Å². The molecule has 260 valence electrons. The first-order valence-corrected chi connectivity index (χ1v) is 15.2. The van der Waals surface area contributed by atoms with Crippen molar-refractivity contribution in [3.8, 4) is 11.5 Å². The number of aromatic hydroxyl groups is 1. The summed E-state index contributed by atoms with van der Waals surface area (Å²) in [4.78, 5) is 46.9. The van der Waals surface area contributed by atoms with Crippen LogP contribution in [0.4, 0.5) is 21.0 Å². The lowest BCUT2D eigenvalue weighted by molar-refractivity contribution is 0.0591. The molecule has 0 aliphatic carbocycles. The van der Waals surface area contributed by atoms with E-state index in [9.17, 15) is 24.3 Å². The number of phenolic OH excluding ortho intramolecular Hbond substituents is 1. The maximum absolute atomic E-state index is 12.2. The molecule has 0 fully saturated rings. The summed E-state index contributed by atoms with van der Waals surface area (Å²) in [6.07, 6.45) is -1.29. The molecule has 0 atom stereocenters. The molecule has 0 spiro atoms.